The second-order valence-electron chi connectivity index (χ2n) is 3.78. The highest BCUT2D eigenvalue weighted by Gasteiger charge is 2.21. The van der Waals surface area contributed by atoms with Gasteiger partial charge >= 0.3 is 0 Å². The van der Waals surface area contributed by atoms with Crippen molar-refractivity contribution >= 4 is 28.5 Å². The highest BCUT2D eigenvalue weighted by molar-refractivity contribution is 14.1. The number of rotatable bonds is 8. The van der Waals surface area contributed by atoms with Gasteiger partial charge in [0.2, 0.25) is 5.91 Å². The number of carbonyl (C=O) groups excluding carboxylic acids is 1. The Labute approximate surface area is 107 Å². The molecule has 0 heterocycles. The third kappa shape index (κ3) is 6.77. The van der Waals surface area contributed by atoms with Gasteiger partial charge in [0.25, 0.3) is 0 Å². The predicted molar refractivity (Wildman–Crippen MR) is 72.7 cm³/mol. The van der Waals surface area contributed by atoms with Gasteiger partial charge < -0.3 is 5.73 Å². The molecule has 86 valence electrons. The molecule has 1 amide bonds. The van der Waals surface area contributed by atoms with E-state index in [1.807, 2.05) is 0 Å². The van der Waals surface area contributed by atoms with E-state index in [1.54, 1.807) is 0 Å². The molecule has 0 aliphatic heterocycles. The van der Waals surface area contributed by atoms with Crippen LogP contribution in [-0.2, 0) is 4.79 Å². The van der Waals surface area contributed by atoms with E-state index in [2.05, 4.69) is 35.4 Å². The number of terminal acetylenes is 1. The fraction of sp³-hybridized carbons (Fsp3) is 0.750. The fourth-order valence-corrected chi connectivity index (χ4v) is 2.23. The van der Waals surface area contributed by atoms with Crippen LogP contribution in [-0.4, -0.2) is 9.83 Å². The van der Waals surface area contributed by atoms with Crippen LogP contribution in [0.2, 0.25) is 0 Å². The third-order valence-corrected chi connectivity index (χ3v) is 3.72. The number of hydrogen-bond donors (Lipinski definition) is 1. The van der Waals surface area contributed by atoms with Crippen molar-refractivity contribution in [3.63, 3.8) is 0 Å². The van der Waals surface area contributed by atoms with Gasteiger partial charge in [0.1, 0.15) is 0 Å². The Morgan fingerprint density at radius 3 is 2.47 bits per heavy atom. The van der Waals surface area contributed by atoms with Crippen molar-refractivity contribution in [2.24, 2.45) is 11.7 Å². The van der Waals surface area contributed by atoms with E-state index in [1.165, 1.54) is 25.7 Å². The molecule has 3 heteroatoms. The zero-order valence-corrected chi connectivity index (χ0v) is 11.5. The number of hydrogen-bond acceptors (Lipinski definition) is 1. The van der Waals surface area contributed by atoms with E-state index in [-0.39, 0.29) is 15.7 Å². The maximum atomic E-state index is 11.1. The van der Waals surface area contributed by atoms with Gasteiger partial charge in [-0.25, -0.2) is 0 Å². The van der Waals surface area contributed by atoms with Gasteiger partial charge in [-0.15, -0.1) is 6.42 Å². The zero-order valence-electron chi connectivity index (χ0n) is 9.34. The summed E-state index contributed by atoms with van der Waals surface area (Å²) in [5, 5.41) is 0. The molecule has 0 rings (SSSR count). The van der Waals surface area contributed by atoms with Gasteiger partial charge in [-0.1, -0.05) is 67.5 Å². The normalized spacial score (nSPS) is 14.2. The summed E-state index contributed by atoms with van der Waals surface area (Å²) >= 11 is 2.11. The van der Waals surface area contributed by atoms with Gasteiger partial charge in [0, 0.05) is 0 Å². The Morgan fingerprint density at radius 2 is 2.00 bits per heavy atom. The van der Waals surface area contributed by atoms with E-state index in [9.17, 15) is 4.79 Å². The lowest BCUT2D eigenvalue weighted by atomic mass is 9.97. The molecule has 0 aliphatic rings. The summed E-state index contributed by atoms with van der Waals surface area (Å²) in [4.78, 5) is 11.1. The second-order valence-corrected chi connectivity index (χ2v) is 5.12. The van der Waals surface area contributed by atoms with Crippen molar-refractivity contribution in [3.8, 4) is 12.3 Å². The number of alkyl halides is 1. The van der Waals surface area contributed by atoms with Crippen molar-refractivity contribution < 1.29 is 4.79 Å². The first-order valence-corrected chi connectivity index (χ1v) is 6.77. The smallest absolute Gasteiger partial charge is 0.222 e. The first kappa shape index (κ1) is 14.8. The van der Waals surface area contributed by atoms with E-state index in [4.69, 9.17) is 12.2 Å². The molecule has 0 saturated carbocycles. The Hall–Kier alpha value is -0.240. The molecule has 0 aromatic rings. The van der Waals surface area contributed by atoms with E-state index >= 15 is 0 Å². The monoisotopic (exact) mass is 321 g/mol. The standard InChI is InChI=1S/C12H20INO/c1-3-5-6-7-8-9-10(12(14)15)11(13)4-2/h2,10-11H,3,5-9H2,1H3,(H2,14,15). The summed E-state index contributed by atoms with van der Waals surface area (Å²) in [5.74, 6) is 2.17. The fourth-order valence-electron chi connectivity index (χ4n) is 1.52. The number of halogens is 1. The molecule has 2 nitrogen and oxygen atoms in total. The number of nitrogens with two attached hydrogens (primary N) is 1. The molecule has 0 aromatic heterocycles. The minimum atomic E-state index is -0.261. The summed E-state index contributed by atoms with van der Waals surface area (Å²) in [5.41, 5.74) is 5.31. The zero-order chi connectivity index (χ0) is 11.7. The number of unbranched alkanes of at least 4 members (excludes halogenated alkanes) is 4. The summed E-state index contributed by atoms with van der Waals surface area (Å²) < 4.78 is -0.0636. The van der Waals surface area contributed by atoms with Crippen molar-refractivity contribution in [1.82, 2.24) is 0 Å². The van der Waals surface area contributed by atoms with Crippen LogP contribution < -0.4 is 5.73 Å². The van der Waals surface area contributed by atoms with Crippen LogP contribution in [0.4, 0.5) is 0 Å². The lowest BCUT2D eigenvalue weighted by molar-refractivity contribution is -0.121. The van der Waals surface area contributed by atoms with Crippen LogP contribution in [0.15, 0.2) is 0 Å². The second kappa shape index (κ2) is 9.02. The quantitative estimate of drug-likeness (QED) is 0.318. The maximum absolute atomic E-state index is 11.1. The Morgan fingerprint density at radius 1 is 1.40 bits per heavy atom. The molecule has 15 heavy (non-hydrogen) atoms. The van der Waals surface area contributed by atoms with Gasteiger partial charge in [0.05, 0.1) is 9.84 Å². The highest BCUT2D eigenvalue weighted by atomic mass is 127. The Kier molecular flexibility index (Phi) is 8.88. The van der Waals surface area contributed by atoms with Gasteiger partial charge in [-0.2, -0.15) is 0 Å². The van der Waals surface area contributed by atoms with Crippen LogP contribution >= 0.6 is 22.6 Å². The summed E-state index contributed by atoms with van der Waals surface area (Å²) in [6, 6.07) is 0. The van der Waals surface area contributed by atoms with Gasteiger partial charge in [-0.3, -0.25) is 4.79 Å². The minimum Gasteiger partial charge on any atom is -0.369 e. The Bertz CT molecular complexity index is 222. The SMILES string of the molecule is C#CC(I)C(CCCCCCC)C(N)=O. The summed E-state index contributed by atoms with van der Waals surface area (Å²) in [6.45, 7) is 2.19. The van der Waals surface area contributed by atoms with Crippen LogP contribution in [0.5, 0.6) is 0 Å². The third-order valence-electron chi connectivity index (χ3n) is 2.50. The molecular weight excluding hydrogens is 301 g/mol. The molecule has 0 fully saturated rings. The maximum Gasteiger partial charge on any atom is 0.222 e. The van der Waals surface area contributed by atoms with Crippen molar-refractivity contribution in [1.29, 1.82) is 0 Å². The van der Waals surface area contributed by atoms with Crippen LogP contribution in [0, 0.1) is 18.3 Å². The topological polar surface area (TPSA) is 43.1 Å². The van der Waals surface area contributed by atoms with Crippen LogP contribution in [0.1, 0.15) is 45.4 Å². The molecule has 0 aliphatic carbocycles. The first-order chi connectivity index (χ1) is 7.13. The summed E-state index contributed by atoms with van der Waals surface area (Å²) in [6.07, 6.45) is 12.1. The van der Waals surface area contributed by atoms with Gasteiger partial charge in [0.15, 0.2) is 0 Å². The average Bonchev–Trinajstić information content (AvgIpc) is 2.22. The molecule has 2 atom stereocenters. The lowest BCUT2D eigenvalue weighted by Gasteiger charge is -2.14. The number of carbonyl (C=O) groups is 1. The van der Waals surface area contributed by atoms with Crippen molar-refractivity contribution in [2.45, 2.75) is 49.4 Å². The molecule has 0 aromatic carbocycles. The van der Waals surface area contributed by atoms with Crippen LogP contribution in [0.25, 0.3) is 0 Å². The number of primary amides is 1. The minimum absolute atomic E-state index is 0.0636. The summed E-state index contributed by atoms with van der Waals surface area (Å²) in [7, 11) is 0. The highest BCUT2D eigenvalue weighted by Crippen LogP contribution is 2.20. The average molecular weight is 321 g/mol. The molecule has 2 N–H and O–H groups in total. The van der Waals surface area contributed by atoms with E-state index in [0.29, 0.717) is 0 Å². The number of amides is 1. The molecule has 2 unspecified atom stereocenters. The van der Waals surface area contributed by atoms with Crippen LogP contribution in [0.3, 0.4) is 0 Å². The largest absolute Gasteiger partial charge is 0.369 e. The molecule has 0 saturated heterocycles. The van der Waals surface area contributed by atoms with E-state index in [0.717, 1.165) is 12.8 Å². The molecular formula is C12H20INO. The first-order valence-electron chi connectivity index (χ1n) is 5.53. The molecule has 0 bridgehead atoms. The molecule has 0 radical (unpaired) electrons. The van der Waals surface area contributed by atoms with Gasteiger partial charge in [-0.05, 0) is 6.42 Å². The predicted octanol–water partition coefficient (Wildman–Crippen LogP) is 2.89. The lowest BCUT2D eigenvalue weighted by Crippen LogP contribution is -2.29. The van der Waals surface area contributed by atoms with Crippen molar-refractivity contribution in [2.75, 3.05) is 0 Å². The van der Waals surface area contributed by atoms with Crippen molar-refractivity contribution in [3.05, 3.63) is 0 Å². The Balaban J connectivity index is 3.78. The van der Waals surface area contributed by atoms with E-state index < -0.39 is 0 Å². The molecule has 0 spiro atoms.